The van der Waals surface area contributed by atoms with Gasteiger partial charge in [0, 0.05) is 19.2 Å². The maximum atomic E-state index is 13.1. The van der Waals surface area contributed by atoms with Crippen LogP contribution in [0.3, 0.4) is 0 Å². The number of aromatic nitrogens is 3. The van der Waals surface area contributed by atoms with Crippen molar-refractivity contribution in [3.05, 3.63) is 81.7 Å². The van der Waals surface area contributed by atoms with Crippen LogP contribution in [-0.4, -0.2) is 37.5 Å². The quantitative estimate of drug-likeness (QED) is 0.497. The highest BCUT2D eigenvalue weighted by atomic mass is 19.1. The minimum absolute atomic E-state index is 0.0124. The Bertz CT molecular complexity index is 1030. The van der Waals surface area contributed by atoms with E-state index in [9.17, 15) is 19.3 Å². The largest absolute Gasteiger partial charge is 0.332 e. The molecular weight excluding hydrogens is 365 g/mol. The van der Waals surface area contributed by atoms with Crippen molar-refractivity contribution in [2.75, 3.05) is 7.05 Å². The molecule has 1 amide bonds. The van der Waals surface area contributed by atoms with Crippen LogP contribution in [0.4, 0.5) is 10.1 Å². The maximum Gasteiger partial charge on any atom is 0.293 e. The molecule has 0 aliphatic carbocycles. The van der Waals surface area contributed by atoms with E-state index in [2.05, 4.69) is 10.1 Å². The molecule has 0 fully saturated rings. The van der Waals surface area contributed by atoms with Crippen molar-refractivity contribution in [2.45, 2.75) is 19.9 Å². The average molecular weight is 383 g/mol. The fraction of sp³-hybridized carbons (Fsp3) is 0.211. The van der Waals surface area contributed by atoms with Crippen LogP contribution in [0.25, 0.3) is 5.69 Å². The van der Waals surface area contributed by atoms with Crippen molar-refractivity contribution in [1.29, 1.82) is 0 Å². The topological polar surface area (TPSA) is 94.2 Å². The summed E-state index contributed by atoms with van der Waals surface area (Å²) in [5.41, 5.74) is 1.17. The molecule has 8 nitrogen and oxygen atoms in total. The Morgan fingerprint density at radius 2 is 1.93 bits per heavy atom. The van der Waals surface area contributed by atoms with Gasteiger partial charge in [0.15, 0.2) is 0 Å². The summed E-state index contributed by atoms with van der Waals surface area (Å²) >= 11 is 0. The first-order valence-electron chi connectivity index (χ1n) is 8.49. The number of carbonyl (C=O) groups excluding carboxylic acids is 1. The molecule has 1 aromatic heterocycles. The number of nitro benzene ring substituents is 1. The fourth-order valence-electron chi connectivity index (χ4n) is 2.76. The summed E-state index contributed by atoms with van der Waals surface area (Å²) in [6.07, 6.45) is 0. The first-order valence-corrected chi connectivity index (χ1v) is 8.49. The maximum absolute atomic E-state index is 13.1. The van der Waals surface area contributed by atoms with E-state index in [0.29, 0.717) is 17.1 Å². The Balaban J connectivity index is 1.85. The molecule has 1 atom stereocenters. The first-order chi connectivity index (χ1) is 13.3. The first kappa shape index (κ1) is 19.2. The average Bonchev–Trinajstić information content (AvgIpc) is 3.08. The smallest absolute Gasteiger partial charge is 0.293 e. The van der Waals surface area contributed by atoms with E-state index in [0.717, 1.165) is 0 Å². The van der Waals surface area contributed by atoms with Gasteiger partial charge in [-0.25, -0.2) is 14.1 Å². The molecule has 28 heavy (non-hydrogen) atoms. The SMILES string of the molecule is Cc1nc(C(=O)N(C)C(C)c2cccc([N+](=O)[O-])c2)nn1-c1ccc(F)cc1. The lowest BCUT2D eigenvalue weighted by Crippen LogP contribution is -2.30. The van der Waals surface area contributed by atoms with Crippen molar-refractivity contribution in [2.24, 2.45) is 0 Å². The molecular formula is C19H18FN5O3. The van der Waals surface area contributed by atoms with Crippen molar-refractivity contribution in [3.63, 3.8) is 0 Å². The molecule has 0 aliphatic heterocycles. The van der Waals surface area contributed by atoms with Crippen LogP contribution in [0, 0.1) is 22.9 Å². The zero-order chi connectivity index (χ0) is 20.4. The summed E-state index contributed by atoms with van der Waals surface area (Å²) < 4.78 is 14.6. The van der Waals surface area contributed by atoms with E-state index in [4.69, 9.17) is 0 Å². The van der Waals surface area contributed by atoms with E-state index in [-0.39, 0.29) is 17.3 Å². The summed E-state index contributed by atoms with van der Waals surface area (Å²) in [7, 11) is 1.58. The monoisotopic (exact) mass is 383 g/mol. The van der Waals surface area contributed by atoms with Gasteiger partial charge >= 0.3 is 0 Å². The molecule has 0 N–H and O–H groups in total. The number of non-ortho nitro benzene ring substituents is 1. The van der Waals surface area contributed by atoms with E-state index < -0.39 is 16.9 Å². The van der Waals surface area contributed by atoms with Gasteiger partial charge in [-0.05, 0) is 43.7 Å². The molecule has 0 bridgehead atoms. The fourth-order valence-corrected chi connectivity index (χ4v) is 2.76. The van der Waals surface area contributed by atoms with Gasteiger partial charge in [-0.1, -0.05) is 12.1 Å². The second kappa shape index (κ2) is 7.55. The van der Waals surface area contributed by atoms with E-state index >= 15 is 0 Å². The minimum atomic E-state index is -0.479. The Labute approximate surface area is 160 Å². The predicted octanol–water partition coefficient (Wildman–Crippen LogP) is 3.46. The van der Waals surface area contributed by atoms with Crippen LogP contribution in [0.15, 0.2) is 48.5 Å². The number of nitrogens with zero attached hydrogens (tertiary/aromatic N) is 5. The van der Waals surface area contributed by atoms with E-state index in [1.54, 1.807) is 45.2 Å². The van der Waals surface area contributed by atoms with E-state index in [1.165, 1.54) is 33.8 Å². The lowest BCUT2D eigenvalue weighted by Gasteiger charge is -2.24. The number of carbonyl (C=O) groups is 1. The Hall–Kier alpha value is -3.62. The molecule has 9 heteroatoms. The van der Waals surface area contributed by atoms with Gasteiger partial charge in [-0.2, -0.15) is 0 Å². The third kappa shape index (κ3) is 3.73. The molecule has 0 aliphatic rings. The van der Waals surface area contributed by atoms with Gasteiger partial charge in [0.2, 0.25) is 5.82 Å². The molecule has 0 saturated carbocycles. The number of hydrogen-bond acceptors (Lipinski definition) is 5. The van der Waals surface area contributed by atoms with Crippen LogP contribution < -0.4 is 0 Å². The highest BCUT2D eigenvalue weighted by Gasteiger charge is 2.24. The highest BCUT2D eigenvalue weighted by Crippen LogP contribution is 2.24. The molecule has 144 valence electrons. The Kier molecular flexibility index (Phi) is 5.16. The molecule has 3 aromatic rings. The van der Waals surface area contributed by atoms with Gasteiger partial charge in [0.05, 0.1) is 16.7 Å². The zero-order valence-corrected chi connectivity index (χ0v) is 15.5. The lowest BCUT2D eigenvalue weighted by atomic mass is 10.1. The molecule has 1 heterocycles. The van der Waals surface area contributed by atoms with Crippen LogP contribution in [-0.2, 0) is 0 Å². The van der Waals surface area contributed by atoms with Gasteiger partial charge in [0.25, 0.3) is 11.6 Å². The highest BCUT2D eigenvalue weighted by molar-refractivity contribution is 5.90. The van der Waals surface area contributed by atoms with Gasteiger partial charge in [0.1, 0.15) is 11.6 Å². The number of aryl methyl sites for hydroxylation is 1. The zero-order valence-electron chi connectivity index (χ0n) is 15.5. The minimum Gasteiger partial charge on any atom is -0.332 e. The normalized spacial score (nSPS) is 11.9. The molecule has 3 rings (SSSR count). The van der Waals surface area contributed by atoms with Gasteiger partial charge in [-0.3, -0.25) is 14.9 Å². The Morgan fingerprint density at radius 3 is 2.57 bits per heavy atom. The van der Waals surface area contributed by atoms with Crippen LogP contribution >= 0.6 is 0 Å². The molecule has 1 unspecified atom stereocenters. The second-order valence-corrected chi connectivity index (χ2v) is 6.31. The number of halogens is 1. The number of rotatable bonds is 5. The van der Waals surface area contributed by atoms with Crippen molar-refractivity contribution >= 4 is 11.6 Å². The van der Waals surface area contributed by atoms with Crippen LogP contribution in [0.2, 0.25) is 0 Å². The molecule has 0 saturated heterocycles. The summed E-state index contributed by atoms with van der Waals surface area (Å²) in [5, 5.41) is 15.2. The summed E-state index contributed by atoms with van der Waals surface area (Å²) in [6.45, 7) is 3.46. The van der Waals surface area contributed by atoms with E-state index in [1.807, 2.05) is 0 Å². The van der Waals surface area contributed by atoms with Crippen molar-refractivity contribution in [1.82, 2.24) is 19.7 Å². The Morgan fingerprint density at radius 1 is 1.25 bits per heavy atom. The number of benzene rings is 2. The summed E-state index contributed by atoms with van der Waals surface area (Å²) in [5.74, 6) is -0.334. The summed E-state index contributed by atoms with van der Waals surface area (Å²) in [4.78, 5) is 29.0. The predicted molar refractivity (Wildman–Crippen MR) is 99.7 cm³/mol. The molecule has 0 radical (unpaired) electrons. The number of amides is 1. The molecule has 0 spiro atoms. The third-order valence-corrected chi connectivity index (χ3v) is 4.50. The van der Waals surface area contributed by atoms with Gasteiger partial charge < -0.3 is 4.90 Å². The van der Waals surface area contributed by atoms with Crippen molar-refractivity contribution in [3.8, 4) is 5.69 Å². The standard InChI is InChI=1S/C19H18FN5O3/c1-12(14-5-4-6-17(11-14)25(27)28)23(3)19(26)18-21-13(2)24(22-18)16-9-7-15(20)8-10-16/h4-12H,1-3H3. The number of nitro groups is 1. The van der Waals surface area contributed by atoms with Crippen LogP contribution in [0.5, 0.6) is 0 Å². The van der Waals surface area contributed by atoms with Crippen LogP contribution in [0.1, 0.15) is 35.0 Å². The second-order valence-electron chi connectivity index (χ2n) is 6.31. The van der Waals surface area contributed by atoms with Gasteiger partial charge in [-0.15, -0.1) is 5.10 Å². The van der Waals surface area contributed by atoms with Crippen molar-refractivity contribution < 1.29 is 14.1 Å². The summed E-state index contributed by atoms with van der Waals surface area (Å²) in [6, 6.07) is 11.4. The third-order valence-electron chi connectivity index (χ3n) is 4.50. The molecule has 2 aromatic carbocycles. The number of hydrogen-bond donors (Lipinski definition) is 0. The lowest BCUT2D eigenvalue weighted by molar-refractivity contribution is -0.384.